The Labute approximate surface area is 119 Å². The molecule has 2 N–H and O–H groups in total. The molecule has 2 rings (SSSR count). The van der Waals surface area contributed by atoms with Gasteiger partial charge < -0.3 is 15.2 Å². The fraction of sp³-hybridized carbons (Fsp3) is 0.500. The van der Waals surface area contributed by atoms with Gasteiger partial charge in [0.2, 0.25) is 5.91 Å². The van der Waals surface area contributed by atoms with Crippen molar-refractivity contribution >= 4 is 5.91 Å². The summed E-state index contributed by atoms with van der Waals surface area (Å²) in [6.45, 7) is 0.171. The van der Waals surface area contributed by atoms with E-state index < -0.39 is 12.0 Å². The van der Waals surface area contributed by atoms with Crippen molar-refractivity contribution in [2.75, 3.05) is 6.54 Å². The molecule has 0 saturated heterocycles. The van der Waals surface area contributed by atoms with Crippen molar-refractivity contribution in [2.24, 2.45) is 0 Å². The molecule has 1 amide bonds. The van der Waals surface area contributed by atoms with E-state index in [4.69, 9.17) is 0 Å². The van der Waals surface area contributed by atoms with E-state index in [-0.39, 0.29) is 24.6 Å². The summed E-state index contributed by atoms with van der Waals surface area (Å²) in [6, 6.07) is 5.28. The Hall–Kier alpha value is -1.76. The molecule has 0 bridgehead atoms. The van der Waals surface area contributed by atoms with Gasteiger partial charge in [-0.2, -0.15) is 0 Å². The normalized spacial score (nSPS) is 17.0. The van der Waals surface area contributed by atoms with Crippen molar-refractivity contribution < 1.29 is 27.8 Å². The van der Waals surface area contributed by atoms with Crippen molar-refractivity contribution in [1.29, 1.82) is 0 Å². The number of nitrogens with one attached hydrogen (secondary N) is 1. The first-order chi connectivity index (χ1) is 9.76. The van der Waals surface area contributed by atoms with Crippen molar-refractivity contribution in [3.8, 4) is 5.75 Å². The van der Waals surface area contributed by atoms with Crippen molar-refractivity contribution in [1.82, 2.24) is 5.32 Å². The lowest BCUT2D eigenvalue weighted by atomic mass is 9.80. The van der Waals surface area contributed by atoms with Crippen LogP contribution in [0.25, 0.3) is 0 Å². The minimum Gasteiger partial charge on any atom is -0.406 e. The van der Waals surface area contributed by atoms with Crippen molar-refractivity contribution in [2.45, 2.75) is 37.6 Å². The standard InChI is InChI=1S/C14H16F3NO3/c15-14(16,17)21-11-4-1-3-10(7-11)8-12(19)18-9-13(20)5-2-6-13/h1,3-4,7,20H,2,5-6,8-9H2,(H,18,19). The molecule has 21 heavy (non-hydrogen) atoms. The first-order valence-corrected chi connectivity index (χ1v) is 6.60. The quantitative estimate of drug-likeness (QED) is 0.876. The third-order valence-corrected chi connectivity index (χ3v) is 3.40. The molecule has 0 unspecified atom stereocenters. The highest BCUT2D eigenvalue weighted by atomic mass is 19.4. The van der Waals surface area contributed by atoms with Crippen LogP contribution in [-0.2, 0) is 11.2 Å². The Bertz CT molecular complexity index is 512. The van der Waals surface area contributed by atoms with Gasteiger partial charge in [-0.3, -0.25) is 4.79 Å². The number of carbonyl (C=O) groups is 1. The van der Waals surface area contributed by atoms with Gasteiger partial charge in [-0.05, 0) is 37.0 Å². The SMILES string of the molecule is O=C(Cc1cccc(OC(F)(F)F)c1)NCC1(O)CCC1. The molecule has 1 aromatic carbocycles. The van der Waals surface area contributed by atoms with E-state index in [0.717, 1.165) is 6.42 Å². The molecular weight excluding hydrogens is 287 g/mol. The average Bonchev–Trinajstić information content (AvgIpc) is 2.32. The highest BCUT2D eigenvalue weighted by molar-refractivity contribution is 5.78. The van der Waals surface area contributed by atoms with Gasteiger partial charge in [0, 0.05) is 6.54 Å². The Balaban J connectivity index is 1.87. The van der Waals surface area contributed by atoms with Crippen LogP contribution in [0.3, 0.4) is 0 Å². The lowest BCUT2D eigenvalue weighted by molar-refractivity contribution is -0.274. The van der Waals surface area contributed by atoms with E-state index in [0.29, 0.717) is 18.4 Å². The molecule has 1 aliphatic carbocycles. The van der Waals surface area contributed by atoms with Crippen LogP contribution in [0, 0.1) is 0 Å². The molecule has 4 nitrogen and oxygen atoms in total. The van der Waals surface area contributed by atoms with Crippen molar-refractivity contribution in [3.05, 3.63) is 29.8 Å². The Morgan fingerprint density at radius 2 is 2.10 bits per heavy atom. The Morgan fingerprint density at radius 3 is 2.67 bits per heavy atom. The van der Waals surface area contributed by atoms with Crippen LogP contribution in [0.4, 0.5) is 13.2 Å². The van der Waals surface area contributed by atoms with Crippen LogP contribution in [0.2, 0.25) is 0 Å². The van der Waals surface area contributed by atoms with Gasteiger partial charge in [-0.25, -0.2) is 0 Å². The largest absolute Gasteiger partial charge is 0.573 e. The summed E-state index contributed by atoms with van der Waals surface area (Å²) in [4.78, 5) is 11.7. The zero-order valence-corrected chi connectivity index (χ0v) is 11.2. The number of carbonyl (C=O) groups excluding carboxylic acids is 1. The van der Waals surface area contributed by atoms with Gasteiger partial charge >= 0.3 is 6.36 Å². The van der Waals surface area contributed by atoms with Gasteiger partial charge in [0.15, 0.2) is 0 Å². The highest BCUT2D eigenvalue weighted by Crippen LogP contribution is 2.30. The molecule has 0 atom stereocenters. The molecule has 1 fully saturated rings. The average molecular weight is 303 g/mol. The second-order valence-corrected chi connectivity index (χ2v) is 5.23. The molecule has 7 heteroatoms. The van der Waals surface area contributed by atoms with E-state index in [9.17, 15) is 23.1 Å². The summed E-state index contributed by atoms with van der Waals surface area (Å²) < 4.78 is 40.1. The van der Waals surface area contributed by atoms with E-state index >= 15 is 0 Å². The number of hydrogen-bond donors (Lipinski definition) is 2. The van der Waals surface area contributed by atoms with Gasteiger partial charge in [0.05, 0.1) is 12.0 Å². The maximum Gasteiger partial charge on any atom is 0.573 e. The summed E-state index contributed by atoms with van der Waals surface area (Å²) >= 11 is 0. The van der Waals surface area contributed by atoms with Gasteiger partial charge in [0.25, 0.3) is 0 Å². The smallest absolute Gasteiger partial charge is 0.406 e. The first kappa shape index (κ1) is 15.6. The molecule has 0 radical (unpaired) electrons. The number of alkyl halides is 3. The predicted octanol–water partition coefficient (Wildman–Crippen LogP) is 2.16. The molecule has 0 aromatic heterocycles. The second kappa shape index (κ2) is 5.93. The van der Waals surface area contributed by atoms with Crippen molar-refractivity contribution in [3.63, 3.8) is 0 Å². The molecular formula is C14H16F3NO3. The van der Waals surface area contributed by atoms with Crippen LogP contribution >= 0.6 is 0 Å². The summed E-state index contributed by atoms with van der Waals surface area (Å²) in [5.41, 5.74) is -0.411. The summed E-state index contributed by atoms with van der Waals surface area (Å²) in [6.07, 6.45) is -2.58. The molecule has 1 saturated carbocycles. The van der Waals surface area contributed by atoms with E-state index in [1.165, 1.54) is 18.2 Å². The monoisotopic (exact) mass is 303 g/mol. The second-order valence-electron chi connectivity index (χ2n) is 5.23. The fourth-order valence-electron chi connectivity index (χ4n) is 2.13. The maximum atomic E-state index is 12.1. The highest BCUT2D eigenvalue weighted by Gasteiger charge is 2.34. The zero-order chi connectivity index (χ0) is 15.5. The molecule has 1 aliphatic rings. The van der Waals surface area contributed by atoms with Crippen LogP contribution in [0.5, 0.6) is 5.75 Å². The van der Waals surface area contributed by atoms with Gasteiger partial charge in [-0.1, -0.05) is 12.1 Å². The van der Waals surface area contributed by atoms with Crippen LogP contribution < -0.4 is 10.1 Å². The summed E-state index contributed by atoms with van der Waals surface area (Å²) in [7, 11) is 0. The van der Waals surface area contributed by atoms with E-state index in [1.54, 1.807) is 6.07 Å². The third kappa shape index (κ3) is 4.93. The number of ether oxygens (including phenoxy) is 1. The lowest BCUT2D eigenvalue weighted by Crippen LogP contribution is -2.48. The van der Waals surface area contributed by atoms with E-state index in [1.807, 2.05) is 0 Å². The molecule has 0 spiro atoms. The number of benzene rings is 1. The van der Waals surface area contributed by atoms with Crippen LogP contribution in [-0.4, -0.2) is 29.5 Å². The zero-order valence-electron chi connectivity index (χ0n) is 11.2. The molecule has 0 heterocycles. The predicted molar refractivity (Wildman–Crippen MR) is 68.6 cm³/mol. The fourth-order valence-corrected chi connectivity index (χ4v) is 2.13. The first-order valence-electron chi connectivity index (χ1n) is 6.60. The molecule has 1 aromatic rings. The number of rotatable bonds is 5. The van der Waals surface area contributed by atoms with Crippen LogP contribution in [0.1, 0.15) is 24.8 Å². The summed E-state index contributed by atoms with van der Waals surface area (Å²) in [5.74, 6) is -0.704. The molecule has 0 aliphatic heterocycles. The Kier molecular flexibility index (Phi) is 4.41. The number of amides is 1. The maximum absolute atomic E-state index is 12.1. The number of halogens is 3. The topological polar surface area (TPSA) is 58.6 Å². The summed E-state index contributed by atoms with van der Waals surface area (Å²) in [5, 5.41) is 12.4. The van der Waals surface area contributed by atoms with Gasteiger partial charge in [-0.15, -0.1) is 13.2 Å². The third-order valence-electron chi connectivity index (χ3n) is 3.40. The van der Waals surface area contributed by atoms with Gasteiger partial charge in [0.1, 0.15) is 5.75 Å². The van der Waals surface area contributed by atoms with Crippen LogP contribution in [0.15, 0.2) is 24.3 Å². The minimum absolute atomic E-state index is 0.0643. The minimum atomic E-state index is -4.76. The number of aliphatic hydroxyl groups is 1. The lowest BCUT2D eigenvalue weighted by Gasteiger charge is -2.36. The Morgan fingerprint density at radius 1 is 1.38 bits per heavy atom. The molecule has 116 valence electrons. The number of hydrogen-bond acceptors (Lipinski definition) is 3. The van der Waals surface area contributed by atoms with E-state index in [2.05, 4.69) is 10.1 Å².